The average molecular weight is 270 g/mol. The average Bonchev–Trinajstić information content (AvgIpc) is 2.89. The standard InChI is InChI=1S/C14H30N4O/c1-14(2,13(15)17-19)7-5-8-16-9-6-12-18-10-3-4-11-18/h16,19H,3-12H2,1-2H3,(H2,15,17). The molecule has 1 fully saturated rings. The maximum Gasteiger partial charge on any atom is 0.144 e. The fourth-order valence-electron chi connectivity index (χ4n) is 2.48. The zero-order valence-electron chi connectivity index (χ0n) is 12.5. The lowest BCUT2D eigenvalue weighted by atomic mass is 9.86. The number of amidine groups is 1. The van der Waals surface area contributed by atoms with Crippen molar-refractivity contribution in [3.05, 3.63) is 0 Å². The summed E-state index contributed by atoms with van der Waals surface area (Å²) in [5, 5.41) is 15.3. The van der Waals surface area contributed by atoms with Crippen molar-refractivity contribution in [3.8, 4) is 0 Å². The smallest absolute Gasteiger partial charge is 0.144 e. The van der Waals surface area contributed by atoms with Crippen molar-refractivity contribution >= 4 is 5.84 Å². The minimum absolute atomic E-state index is 0.216. The summed E-state index contributed by atoms with van der Waals surface area (Å²) < 4.78 is 0. The first-order valence-corrected chi connectivity index (χ1v) is 7.47. The van der Waals surface area contributed by atoms with Gasteiger partial charge in [-0.2, -0.15) is 0 Å². The van der Waals surface area contributed by atoms with Crippen LogP contribution in [0.4, 0.5) is 0 Å². The summed E-state index contributed by atoms with van der Waals surface area (Å²) in [6.45, 7) is 9.90. The van der Waals surface area contributed by atoms with Crippen LogP contribution in [0.25, 0.3) is 0 Å². The second-order valence-electron chi connectivity index (χ2n) is 6.12. The van der Waals surface area contributed by atoms with Crippen molar-refractivity contribution in [2.24, 2.45) is 16.3 Å². The predicted octanol–water partition coefficient (Wildman–Crippen LogP) is 1.61. The summed E-state index contributed by atoms with van der Waals surface area (Å²) in [7, 11) is 0. The third-order valence-corrected chi connectivity index (χ3v) is 3.98. The molecule has 0 aromatic heterocycles. The van der Waals surface area contributed by atoms with Crippen molar-refractivity contribution in [1.29, 1.82) is 0 Å². The lowest BCUT2D eigenvalue weighted by Gasteiger charge is -2.22. The topological polar surface area (TPSA) is 73.9 Å². The monoisotopic (exact) mass is 270 g/mol. The minimum atomic E-state index is -0.216. The van der Waals surface area contributed by atoms with Crippen LogP contribution in [-0.4, -0.2) is 48.7 Å². The molecule has 19 heavy (non-hydrogen) atoms. The summed E-state index contributed by atoms with van der Waals surface area (Å²) in [4.78, 5) is 2.54. The van der Waals surface area contributed by atoms with Crippen LogP contribution in [-0.2, 0) is 0 Å². The van der Waals surface area contributed by atoms with Gasteiger partial charge in [-0.3, -0.25) is 0 Å². The van der Waals surface area contributed by atoms with Crippen LogP contribution >= 0.6 is 0 Å². The van der Waals surface area contributed by atoms with E-state index in [-0.39, 0.29) is 5.41 Å². The number of hydrogen-bond acceptors (Lipinski definition) is 4. The minimum Gasteiger partial charge on any atom is -0.409 e. The Bertz CT molecular complexity index is 273. The van der Waals surface area contributed by atoms with E-state index in [0.717, 1.165) is 25.9 Å². The Kier molecular flexibility index (Phi) is 7.16. The van der Waals surface area contributed by atoms with Crippen LogP contribution in [0.5, 0.6) is 0 Å². The van der Waals surface area contributed by atoms with E-state index in [1.54, 1.807) is 0 Å². The van der Waals surface area contributed by atoms with E-state index >= 15 is 0 Å². The van der Waals surface area contributed by atoms with E-state index in [9.17, 15) is 0 Å². The number of oxime groups is 1. The molecule has 0 saturated carbocycles. The molecule has 5 heteroatoms. The molecule has 0 spiro atoms. The second-order valence-corrected chi connectivity index (χ2v) is 6.12. The fourth-order valence-corrected chi connectivity index (χ4v) is 2.48. The normalized spacial score (nSPS) is 18.1. The van der Waals surface area contributed by atoms with Crippen LogP contribution in [0.2, 0.25) is 0 Å². The molecular weight excluding hydrogens is 240 g/mol. The summed E-state index contributed by atoms with van der Waals surface area (Å²) in [6, 6.07) is 0. The molecule has 0 bridgehead atoms. The van der Waals surface area contributed by atoms with Gasteiger partial charge in [0, 0.05) is 5.41 Å². The molecule has 0 aromatic carbocycles. The van der Waals surface area contributed by atoms with Gasteiger partial charge < -0.3 is 21.2 Å². The highest BCUT2D eigenvalue weighted by Crippen LogP contribution is 2.21. The lowest BCUT2D eigenvalue weighted by Crippen LogP contribution is -2.33. The largest absolute Gasteiger partial charge is 0.409 e. The van der Waals surface area contributed by atoms with Gasteiger partial charge in [-0.25, -0.2) is 0 Å². The van der Waals surface area contributed by atoms with Gasteiger partial charge in [0.05, 0.1) is 0 Å². The van der Waals surface area contributed by atoms with Gasteiger partial charge in [-0.05, 0) is 64.8 Å². The van der Waals surface area contributed by atoms with Gasteiger partial charge in [0.25, 0.3) is 0 Å². The molecule has 4 N–H and O–H groups in total. The number of nitrogens with one attached hydrogen (secondary N) is 1. The van der Waals surface area contributed by atoms with Crippen molar-refractivity contribution in [3.63, 3.8) is 0 Å². The molecule has 1 heterocycles. The van der Waals surface area contributed by atoms with Gasteiger partial charge in [-0.15, -0.1) is 0 Å². The molecule has 0 aliphatic carbocycles. The predicted molar refractivity (Wildman–Crippen MR) is 79.6 cm³/mol. The summed E-state index contributed by atoms with van der Waals surface area (Å²) in [6.07, 6.45) is 5.95. The third kappa shape index (κ3) is 6.25. The van der Waals surface area contributed by atoms with Crippen LogP contribution in [0.1, 0.15) is 46.0 Å². The van der Waals surface area contributed by atoms with Gasteiger partial charge in [0.2, 0.25) is 0 Å². The summed E-state index contributed by atoms with van der Waals surface area (Å²) >= 11 is 0. The first-order valence-electron chi connectivity index (χ1n) is 7.47. The number of hydrogen-bond donors (Lipinski definition) is 3. The molecule has 112 valence electrons. The zero-order chi connectivity index (χ0) is 14.1. The second kappa shape index (κ2) is 8.38. The highest BCUT2D eigenvalue weighted by molar-refractivity contribution is 5.85. The van der Waals surface area contributed by atoms with Crippen molar-refractivity contribution in [1.82, 2.24) is 10.2 Å². The van der Waals surface area contributed by atoms with Crippen molar-refractivity contribution < 1.29 is 5.21 Å². The highest BCUT2D eigenvalue weighted by Gasteiger charge is 2.22. The fraction of sp³-hybridized carbons (Fsp3) is 0.929. The maximum atomic E-state index is 8.69. The van der Waals surface area contributed by atoms with E-state index in [1.807, 2.05) is 13.8 Å². The Morgan fingerprint density at radius 1 is 1.26 bits per heavy atom. The molecule has 5 nitrogen and oxygen atoms in total. The summed E-state index contributed by atoms with van der Waals surface area (Å²) in [5.41, 5.74) is 5.44. The number of rotatable bonds is 9. The molecule has 1 saturated heterocycles. The van der Waals surface area contributed by atoms with Crippen molar-refractivity contribution in [2.75, 3.05) is 32.7 Å². The van der Waals surface area contributed by atoms with E-state index < -0.39 is 0 Å². The van der Waals surface area contributed by atoms with E-state index in [2.05, 4.69) is 15.4 Å². The number of nitrogens with zero attached hydrogens (tertiary/aromatic N) is 2. The molecule has 0 atom stereocenters. The van der Waals surface area contributed by atoms with E-state index in [1.165, 1.54) is 38.9 Å². The van der Waals surface area contributed by atoms with Crippen LogP contribution in [0.15, 0.2) is 5.16 Å². The number of nitrogens with two attached hydrogens (primary N) is 1. The van der Waals surface area contributed by atoms with E-state index in [4.69, 9.17) is 10.9 Å². The first-order chi connectivity index (χ1) is 9.06. The SMILES string of the molecule is CC(C)(CCCNCCCN1CCCC1)C(N)=NO. The molecule has 1 aliphatic heterocycles. The quantitative estimate of drug-likeness (QED) is 0.196. The molecule has 0 radical (unpaired) electrons. The highest BCUT2D eigenvalue weighted by atomic mass is 16.4. The van der Waals surface area contributed by atoms with Crippen LogP contribution in [0, 0.1) is 5.41 Å². The first kappa shape index (κ1) is 16.2. The zero-order valence-corrected chi connectivity index (χ0v) is 12.5. The number of likely N-dealkylation sites (tertiary alicyclic amines) is 1. The van der Waals surface area contributed by atoms with Crippen molar-refractivity contribution in [2.45, 2.75) is 46.0 Å². The Balaban J connectivity index is 1.96. The van der Waals surface area contributed by atoms with Crippen LogP contribution < -0.4 is 11.1 Å². The summed E-state index contributed by atoms with van der Waals surface area (Å²) in [5.74, 6) is 0.321. The third-order valence-electron chi connectivity index (χ3n) is 3.98. The van der Waals surface area contributed by atoms with Gasteiger partial charge >= 0.3 is 0 Å². The van der Waals surface area contributed by atoms with Gasteiger partial charge in [0.15, 0.2) is 0 Å². The Morgan fingerprint density at radius 2 is 1.89 bits per heavy atom. The Morgan fingerprint density at radius 3 is 2.53 bits per heavy atom. The van der Waals surface area contributed by atoms with Gasteiger partial charge in [-0.1, -0.05) is 19.0 Å². The molecule has 1 aliphatic rings. The Labute approximate surface area is 117 Å². The molecule has 1 rings (SSSR count). The van der Waals surface area contributed by atoms with Gasteiger partial charge in [0.1, 0.15) is 5.84 Å². The van der Waals surface area contributed by atoms with Crippen LogP contribution in [0.3, 0.4) is 0 Å². The Hall–Kier alpha value is -0.810. The van der Waals surface area contributed by atoms with E-state index in [0.29, 0.717) is 5.84 Å². The molecule has 0 aromatic rings. The molecule has 0 unspecified atom stereocenters. The lowest BCUT2D eigenvalue weighted by molar-refractivity contribution is 0.304. The maximum absolute atomic E-state index is 8.69. The molecule has 0 amide bonds. The molecular formula is C14H30N4O.